The Morgan fingerprint density at radius 3 is 2.44 bits per heavy atom. The van der Waals surface area contributed by atoms with Gasteiger partial charge in [0.15, 0.2) is 0 Å². The maximum Gasteiger partial charge on any atom is 0.00131 e. The van der Waals surface area contributed by atoms with Crippen molar-refractivity contribution in [3.05, 3.63) is 0 Å². The van der Waals surface area contributed by atoms with Crippen LogP contribution in [-0.4, -0.2) is 6.04 Å². The molecule has 0 aromatic heterocycles. The summed E-state index contributed by atoms with van der Waals surface area (Å²) in [5.74, 6) is 0.963. The van der Waals surface area contributed by atoms with E-state index in [0.29, 0.717) is 6.04 Å². The predicted octanol–water partition coefficient (Wildman–Crippen LogP) is 1.91. The first kappa shape index (κ1) is 7.07. The van der Waals surface area contributed by atoms with Crippen molar-refractivity contribution in [3.63, 3.8) is 0 Å². The summed E-state index contributed by atoms with van der Waals surface area (Å²) in [5.41, 5.74) is 5.67. The van der Waals surface area contributed by atoms with E-state index < -0.39 is 0 Å². The van der Waals surface area contributed by atoms with E-state index in [0.717, 1.165) is 5.92 Å². The minimum atomic E-state index is 0.424. The molecule has 1 rings (SSSR count). The summed E-state index contributed by atoms with van der Waals surface area (Å²) in [4.78, 5) is 0. The first-order chi connectivity index (χ1) is 4.29. The van der Waals surface area contributed by atoms with Crippen molar-refractivity contribution in [2.75, 3.05) is 0 Å². The Morgan fingerprint density at radius 2 is 2.00 bits per heavy atom. The molecular weight excluding hydrogens is 110 g/mol. The quantitative estimate of drug-likeness (QED) is 0.602. The van der Waals surface area contributed by atoms with E-state index in [1.807, 2.05) is 0 Å². The number of nitrogens with two attached hydrogens (primary N) is 1. The maximum absolute atomic E-state index is 5.67. The third-order valence-corrected chi connectivity index (χ3v) is 2.18. The molecular formula is C8H17N. The van der Waals surface area contributed by atoms with Gasteiger partial charge < -0.3 is 5.73 Å². The van der Waals surface area contributed by atoms with Crippen molar-refractivity contribution in [2.45, 2.75) is 45.1 Å². The Kier molecular flexibility index (Phi) is 2.52. The van der Waals surface area contributed by atoms with Crippen LogP contribution in [0.25, 0.3) is 0 Å². The molecule has 0 aromatic carbocycles. The van der Waals surface area contributed by atoms with Gasteiger partial charge in [-0.05, 0) is 19.3 Å². The highest BCUT2D eigenvalue weighted by atomic mass is 14.6. The molecule has 0 heterocycles. The smallest absolute Gasteiger partial charge is 0.00131 e. The number of hydrogen-bond acceptors (Lipinski definition) is 1. The molecule has 1 heteroatoms. The summed E-state index contributed by atoms with van der Waals surface area (Å²) >= 11 is 0. The highest BCUT2D eigenvalue weighted by Crippen LogP contribution is 2.27. The molecule has 1 fully saturated rings. The monoisotopic (exact) mass is 127 g/mol. The molecule has 0 radical (unpaired) electrons. The SMILES string of the molecule is CC(N)CC1CCCC1. The molecule has 0 saturated heterocycles. The van der Waals surface area contributed by atoms with E-state index in [1.54, 1.807) is 0 Å². The second-order valence-corrected chi connectivity index (χ2v) is 3.36. The highest BCUT2D eigenvalue weighted by molar-refractivity contribution is 4.70. The molecule has 1 aliphatic rings. The molecule has 9 heavy (non-hydrogen) atoms. The Hall–Kier alpha value is -0.0400. The molecule has 0 aromatic rings. The fourth-order valence-electron chi connectivity index (χ4n) is 1.77. The molecule has 1 nitrogen and oxygen atoms in total. The Labute approximate surface area is 57.6 Å². The van der Waals surface area contributed by atoms with Gasteiger partial charge in [0.1, 0.15) is 0 Å². The van der Waals surface area contributed by atoms with Crippen molar-refractivity contribution >= 4 is 0 Å². The van der Waals surface area contributed by atoms with Crippen molar-refractivity contribution < 1.29 is 0 Å². The molecule has 1 unspecified atom stereocenters. The molecule has 0 bridgehead atoms. The lowest BCUT2D eigenvalue weighted by molar-refractivity contribution is 0.459. The Morgan fingerprint density at radius 1 is 1.44 bits per heavy atom. The topological polar surface area (TPSA) is 26.0 Å². The summed E-state index contributed by atoms with van der Waals surface area (Å²) in [7, 11) is 0. The van der Waals surface area contributed by atoms with Crippen LogP contribution >= 0.6 is 0 Å². The van der Waals surface area contributed by atoms with Gasteiger partial charge in [0.2, 0.25) is 0 Å². The maximum atomic E-state index is 5.67. The van der Waals surface area contributed by atoms with E-state index >= 15 is 0 Å². The molecule has 0 aliphatic heterocycles. The zero-order valence-corrected chi connectivity index (χ0v) is 6.27. The zero-order chi connectivity index (χ0) is 6.69. The van der Waals surface area contributed by atoms with E-state index in [-0.39, 0.29) is 0 Å². The number of hydrogen-bond donors (Lipinski definition) is 1. The second kappa shape index (κ2) is 3.21. The molecule has 2 N–H and O–H groups in total. The van der Waals surface area contributed by atoms with E-state index in [9.17, 15) is 0 Å². The fraction of sp³-hybridized carbons (Fsp3) is 1.00. The van der Waals surface area contributed by atoms with Crippen LogP contribution in [0.5, 0.6) is 0 Å². The summed E-state index contributed by atoms with van der Waals surface area (Å²) in [5, 5.41) is 0. The lowest BCUT2D eigenvalue weighted by Gasteiger charge is -2.10. The summed E-state index contributed by atoms with van der Waals surface area (Å²) in [6, 6.07) is 0.424. The molecule has 0 amide bonds. The van der Waals surface area contributed by atoms with Crippen molar-refractivity contribution in [1.82, 2.24) is 0 Å². The minimum absolute atomic E-state index is 0.424. The van der Waals surface area contributed by atoms with Crippen LogP contribution in [0.3, 0.4) is 0 Å². The van der Waals surface area contributed by atoms with Crippen LogP contribution in [0.4, 0.5) is 0 Å². The third-order valence-electron chi connectivity index (χ3n) is 2.18. The average Bonchev–Trinajstić information content (AvgIpc) is 2.15. The number of rotatable bonds is 2. The summed E-state index contributed by atoms with van der Waals surface area (Å²) in [6.45, 7) is 2.11. The van der Waals surface area contributed by atoms with E-state index in [4.69, 9.17) is 5.73 Å². The van der Waals surface area contributed by atoms with Gasteiger partial charge in [-0.15, -0.1) is 0 Å². The van der Waals surface area contributed by atoms with Gasteiger partial charge in [-0.3, -0.25) is 0 Å². The van der Waals surface area contributed by atoms with Crippen molar-refractivity contribution in [3.8, 4) is 0 Å². The zero-order valence-electron chi connectivity index (χ0n) is 6.27. The van der Waals surface area contributed by atoms with Gasteiger partial charge in [-0.25, -0.2) is 0 Å². The average molecular weight is 127 g/mol. The van der Waals surface area contributed by atoms with E-state index in [1.165, 1.54) is 32.1 Å². The molecule has 1 saturated carbocycles. The molecule has 1 aliphatic carbocycles. The second-order valence-electron chi connectivity index (χ2n) is 3.36. The standard InChI is InChI=1S/C8H17N/c1-7(9)6-8-4-2-3-5-8/h7-8H,2-6,9H2,1H3. The van der Waals surface area contributed by atoms with Gasteiger partial charge in [-0.2, -0.15) is 0 Å². The normalized spacial score (nSPS) is 24.7. The summed E-state index contributed by atoms with van der Waals surface area (Å²) < 4.78 is 0. The van der Waals surface area contributed by atoms with Crippen LogP contribution in [0.2, 0.25) is 0 Å². The summed E-state index contributed by atoms with van der Waals surface area (Å²) in [6.07, 6.45) is 7.00. The Bertz CT molecular complexity index is 72.6. The third kappa shape index (κ3) is 2.35. The fourth-order valence-corrected chi connectivity index (χ4v) is 1.77. The van der Waals surface area contributed by atoms with Gasteiger partial charge in [0.05, 0.1) is 0 Å². The molecule has 1 atom stereocenters. The van der Waals surface area contributed by atoms with E-state index in [2.05, 4.69) is 6.92 Å². The van der Waals surface area contributed by atoms with Gasteiger partial charge in [-0.1, -0.05) is 25.7 Å². The highest BCUT2D eigenvalue weighted by Gasteiger charge is 2.15. The molecule has 0 spiro atoms. The largest absolute Gasteiger partial charge is 0.328 e. The van der Waals surface area contributed by atoms with Crippen LogP contribution in [0, 0.1) is 5.92 Å². The van der Waals surface area contributed by atoms with Gasteiger partial charge in [0.25, 0.3) is 0 Å². The van der Waals surface area contributed by atoms with Crippen molar-refractivity contribution in [1.29, 1.82) is 0 Å². The van der Waals surface area contributed by atoms with Crippen LogP contribution < -0.4 is 5.73 Å². The van der Waals surface area contributed by atoms with Crippen LogP contribution in [0.15, 0.2) is 0 Å². The lowest BCUT2D eigenvalue weighted by atomic mass is 10.0. The minimum Gasteiger partial charge on any atom is -0.328 e. The first-order valence-corrected chi connectivity index (χ1v) is 4.04. The molecule has 54 valence electrons. The van der Waals surface area contributed by atoms with Crippen molar-refractivity contribution in [2.24, 2.45) is 11.7 Å². The first-order valence-electron chi connectivity index (χ1n) is 4.04. The lowest BCUT2D eigenvalue weighted by Crippen LogP contribution is -2.18. The van der Waals surface area contributed by atoms with Gasteiger partial charge in [0, 0.05) is 6.04 Å². The van der Waals surface area contributed by atoms with Crippen LogP contribution in [-0.2, 0) is 0 Å². The Balaban J connectivity index is 2.11. The van der Waals surface area contributed by atoms with Gasteiger partial charge >= 0.3 is 0 Å². The predicted molar refractivity (Wildman–Crippen MR) is 40.2 cm³/mol. The van der Waals surface area contributed by atoms with Crippen LogP contribution in [0.1, 0.15) is 39.0 Å².